The third kappa shape index (κ3) is 6.75. The van der Waals surface area contributed by atoms with Crippen molar-refractivity contribution in [2.45, 2.75) is 72.6 Å². The number of fused-ring (bicyclic) bond motifs is 24. The van der Waals surface area contributed by atoms with Crippen LogP contribution in [-0.4, -0.2) is 39.9 Å². The van der Waals surface area contributed by atoms with Gasteiger partial charge in [0.25, 0.3) is 0 Å². The second kappa shape index (κ2) is 14.6. The lowest BCUT2D eigenvalue weighted by Gasteiger charge is -2.19. The summed E-state index contributed by atoms with van der Waals surface area (Å²) in [7, 11) is 0. The highest BCUT2D eigenvalue weighted by Crippen LogP contribution is 2.42. The average molecular weight is 893 g/mol. The molecule has 8 aromatic carbocycles. The highest BCUT2D eigenvalue weighted by Gasteiger charge is 2.25. The van der Waals surface area contributed by atoms with E-state index in [1.807, 2.05) is 6.92 Å². The van der Waals surface area contributed by atoms with Gasteiger partial charge in [-0.05, 0) is 133 Å². The van der Waals surface area contributed by atoms with Gasteiger partial charge in [-0.15, -0.1) is 5.92 Å². The molecule has 0 unspecified atom stereocenters. The summed E-state index contributed by atoms with van der Waals surface area (Å²) in [5, 5.41) is 12.7. The first kappa shape index (κ1) is 41.0. The van der Waals surface area contributed by atoms with Crippen LogP contribution in [0.4, 0.5) is 0 Å². The first-order valence-corrected chi connectivity index (χ1v) is 23.7. The summed E-state index contributed by atoms with van der Waals surface area (Å²) in [4.78, 5) is 39.8. The Morgan fingerprint density at radius 3 is 1.19 bits per heavy atom. The fourth-order valence-corrected chi connectivity index (χ4v) is 10.2. The maximum Gasteiger partial charge on any atom is 0.164 e. The van der Waals surface area contributed by atoms with Gasteiger partial charge in [-0.25, -0.2) is 29.9 Å². The van der Waals surface area contributed by atoms with Gasteiger partial charge < -0.3 is 9.97 Å². The average Bonchev–Trinajstić information content (AvgIpc) is 4.04. The summed E-state index contributed by atoms with van der Waals surface area (Å²) in [6, 6.07) is 44.3. The molecule has 332 valence electrons. The standard InChI is InChI=1S/C61H48N8/c1-9-10-11-33-13-15-35-25-45-49(29-39(35)21-33)57-64-53(45)67-59-50-30-40-22-42(60(3,4)5)18-16-36(40)26-46(50)54(68-59)63-56-48-28-38-20-32(2)12-14-34(38)24-44(48)52(62-56)66-58-51-31-41-23-43(61(6,7)8)19-17-37(41)27-47(51)55(65-57)69-58/h12-31H,11H2,1-8H3,(H2,62,63,64,65,66,67,68,69). The maximum absolute atomic E-state index is 5.46. The SMILES string of the molecule is CC#CCc1ccc2cc3c(cc2c1)-c1nc-3nc2[nH]c(nc3nc(nc4[nH]c(n1)c1cc5ccc(C(C)(C)C)cc5cc41)-c1cc4ccc(C)cc4cc1-3)c1cc3ccc(C(C)(C)C)cc3cc21. The molecule has 2 N–H and O–H groups in total. The lowest BCUT2D eigenvalue weighted by atomic mass is 9.86. The summed E-state index contributed by atoms with van der Waals surface area (Å²) < 4.78 is 0. The molecular weight excluding hydrogens is 845 g/mol. The Kier molecular flexibility index (Phi) is 8.67. The Labute approximate surface area is 399 Å². The summed E-state index contributed by atoms with van der Waals surface area (Å²) in [6.45, 7) is 17.5. The van der Waals surface area contributed by atoms with Crippen LogP contribution in [0.2, 0.25) is 0 Å². The Bertz CT molecular complexity index is 4300. The van der Waals surface area contributed by atoms with Crippen LogP contribution < -0.4 is 0 Å². The van der Waals surface area contributed by atoms with Crippen LogP contribution in [0.5, 0.6) is 0 Å². The molecule has 0 amide bonds. The zero-order chi connectivity index (χ0) is 47.1. The van der Waals surface area contributed by atoms with Crippen LogP contribution in [0.1, 0.15) is 70.7 Å². The highest BCUT2D eigenvalue weighted by atomic mass is 15.1. The second-order valence-corrected chi connectivity index (χ2v) is 21.0. The summed E-state index contributed by atoms with van der Waals surface area (Å²) in [6.07, 6.45) is 0.678. The number of aromatic nitrogens is 8. The number of aryl methyl sites for hydroxylation is 1. The molecule has 2 aliphatic rings. The van der Waals surface area contributed by atoms with E-state index in [0.29, 0.717) is 52.3 Å². The molecule has 8 bridgehead atoms. The zero-order valence-electron chi connectivity index (χ0n) is 39.9. The van der Waals surface area contributed by atoms with Crippen molar-refractivity contribution in [1.82, 2.24) is 39.9 Å². The molecule has 69 heavy (non-hydrogen) atoms. The molecule has 0 fully saturated rings. The van der Waals surface area contributed by atoms with Crippen LogP contribution in [0.3, 0.4) is 0 Å². The number of nitrogens with zero attached hydrogens (tertiary/aromatic N) is 6. The highest BCUT2D eigenvalue weighted by molar-refractivity contribution is 6.13. The smallest absolute Gasteiger partial charge is 0.164 e. The number of benzene rings is 8. The molecule has 8 heteroatoms. The van der Waals surface area contributed by atoms with E-state index >= 15 is 0 Å². The lowest BCUT2D eigenvalue weighted by molar-refractivity contribution is 0.591. The van der Waals surface area contributed by atoms with E-state index in [4.69, 9.17) is 29.9 Å². The molecule has 13 rings (SSSR count). The van der Waals surface area contributed by atoms with Gasteiger partial charge in [0.1, 0.15) is 22.6 Å². The third-order valence-corrected chi connectivity index (χ3v) is 14.1. The van der Waals surface area contributed by atoms with Gasteiger partial charge in [0.05, 0.1) is 0 Å². The first-order valence-electron chi connectivity index (χ1n) is 23.7. The summed E-state index contributed by atoms with van der Waals surface area (Å²) in [5.74, 6) is 8.57. The topological polar surface area (TPSA) is 109 Å². The first-order chi connectivity index (χ1) is 33.2. The number of hydrogen-bond acceptors (Lipinski definition) is 6. The Hall–Kier alpha value is -8.28. The van der Waals surface area contributed by atoms with Gasteiger partial charge >= 0.3 is 0 Å². The van der Waals surface area contributed by atoms with Gasteiger partial charge in [0.2, 0.25) is 0 Å². The van der Waals surface area contributed by atoms with Crippen LogP contribution in [0.25, 0.3) is 133 Å². The summed E-state index contributed by atoms with van der Waals surface area (Å²) in [5.41, 5.74) is 11.1. The van der Waals surface area contributed by atoms with Crippen LogP contribution in [0.15, 0.2) is 121 Å². The molecule has 0 atom stereocenters. The fourth-order valence-electron chi connectivity index (χ4n) is 10.2. The van der Waals surface area contributed by atoms with Crippen molar-refractivity contribution in [3.05, 3.63) is 144 Å². The fraction of sp³-hybridized carbons (Fsp3) is 0.180. The predicted molar refractivity (Wildman–Crippen MR) is 285 cm³/mol. The molecule has 0 radical (unpaired) electrons. The molecule has 11 aromatic rings. The largest absolute Gasteiger partial charge is 0.324 e. The van der Waals surface area contributed by atoms with E-state index in [1.165, 1.54) is 16.7 Å². The van der Waals surface area contributed by atoms with E-state index in [1.54, 1.807) is 0 Å². The molecule has 8 nitrogen and oxygen atoms in total. The van der Waals surface area contributed by atoms with E-state index in [2.05, 4.69) is 192 Å². The molecule has 0 aliphatic carbocycles. The quantitative estimate of drug-likeness (QED) is 0.159. The number of H-pyrrole nitrogens is 2. The van der Waals surface area contributed by atoms with E-state index in [-0.39, 0.29) is 10.8 Å². The number of nitrogens with one attached hydrogen (secondary N) is 2. The van der Waals surface area contributed by atoms with Gasteiger partial charge in [-0.2, -0.15) is 0 Å². The number of rotatable bonds is 1. The Morgan fingerprint density at radius 1 is 0.391 bits per heavy atom. The van der Waals surface area contributed by atoms with E-state index in [9.17, 15) is 0 Å². The van der Waals surface area contributed by atoms with Gasteiger partial charge in [0, 0.05) is 50.2 Å². The number of aromatic amines is 2. The third-order valence-electron chi connectivity index (χ3n) is 14.1. The second-order valence-electron chi connectivity index (χ2n) is 21.0. The lowest BCUT2D eigenvalue weighted by Crippen LogP contribution is -2.10. The van der Waals surface area contributed by atoms with Crippen molar-refractivity contribution in [2.75, 3.05) is 0 Å². The van der Waals surface area contributed by atoms with Crippen LogP contribution in [-0.2, 0) is 17.3 Å². The Balaban J connectivity index is 1.19. The van der Waals surface area contributed by atoms with Crippen LogP contribution >= 0.6 is 0 Å². The van der Waals surface area contributed by atoms with Crippen molar-refractivity contribution >= 4 is 87.2 Å². The summed E-state index contributed by atoms with van der Waals surface area (Å²) >= 11 is 0. The van der Waals surface area contributed by atoms with Crippen molar-refractivity contribution in [2.24, 2.45) is 0 Å². The van der Waals surface area contributed by atoms with Gasteiger partial charge in [-0.3, -0.25) is 0 Å². The minimum absolute atomic E-state index is 0.0202. The molecule has 2 aliphatic heterocycles. The molecule has 5 heterocycles. The molecular formula is C61H48N8. The van der Waals surface area contributed by atoms with Crippen molar-refractivity contribution in [1.29, 1.82) is 0 Å². The van der Waals surface area contributed by atoms with Gasteiger partial charge in [-0.1, -0.05) is 126 Å². The molecule has 3 aromatic heterocycles. The van der Waals surface area contributed by atoms with Crippen molar-refractivity contribution < 1.29 is 0 Å². The maximum atomic E-state index is 5.46. The minimum Gasteiger partial charge on any atom is -0.324 e. The molecule has 0 saturated carbocycles. The molecule has 0 spiro atoms. The van der Waals surface area contributed by atoms with Crippen molar-refractivity contribution in [3.8, 4) is 57.4 Å². The normalized spacial score (nSPS) is 12.6. The predicted octanol–water partition coefficient (Wildman–Crippen LogP) is 15.0. The number of hydrogen-bond donors (Lipinski definition) is 2. The van der Waals surface area contributed by atoms with Gasteiger partial charge in [0.15, 0.2) is 23.3 Å². The van der Waals surface area contributed by atoms with Crippen molar-refractivity contribution in [3.63, 3.8) is 0 Å². The van der Waals surface area contributed by atoms with E-state index in [0.717, 1.165) is 92.5 Å². The van der Waals surface area contributed by atoms with Crippen LogP contribution in [0, 0.1) is 18.8 Å². The minimum atomic E-state index is -0.0202. The Morgan fingerprint density at radius 2 is 0.754 bits per heavy atom. The molecule has 0 saturated heterocycles. The zero-order valence-corrected chi connectivity index (χ0v) is 39.9. The van der Waals surface area contributed by atoms with E-state index < -0.39 is 0 Å². The monoisotopic (exact) mass is 892 g/mol.